The summed E-state index contributed by atoms with van der Waals surface area (Å²) in [5, 5.41) is 3.82. The standard InChI is InChI=1S/C21H20N4O2/c26-20(24-21-22-10-11-23-21)9-13-25-12-8-17-14-18(6-7-19(17)25)27-15-16-4-2-1-3-5-16/h1-8,10-12,14H,9,13,15H2,(H2,22,23,24,26). The second kappa shape index (κ2) is 7.78. The Kier molecular flexibility index (Phi) is 4.87. The summed E-state index contributed by atoms with van der Waals surface area (Å²) in [6.45, 7) is 1.14. The van der Waals surface area contributed by atoms with Crippen molar-refractivity contribution in [3.63, 3.8) is 0 Å². The number of carbonyl (C=O) groups excluding carboxylic acids is 1. The Morgan fingerprint density at radius 1 is 1.15 bits per heavy atom. The number of H-pyrrole nitrogens is 1. The molecule has 2 heterocycles. The van der Waals surface area contributed by atoms with Crippen LogP contribution in [-0.2, 0) is 17.9 Å². The van der Waals surface area contributed by atoms with Crippen LogP contribution >= 0.6 is 0 Å². The van der Waals surface area contributed by atoms with Gasteiger partial charge in [0.1, 0.15) is 12.4 Å². The van der Waals surface area contributed by atoms with Gasteiger partial charge < -0.3 is 14.3 Å². The highest BCUT2D eigenvalue weighted by molar-refractivity contribution is 5.89. The SMILES string of the molecule is O=C(CCn1ccc2cc(OCc3ccccc3)ccc21)Nc1ncc[nH]1. The number of amides is 1. The molecule has 6 nitrogen and oxygen atoms in total. The van der Waals surface area contributed by atoms with Crippen molar-refractivity contribution in [2.75, 3.05) is 5.32 Å². The van der Waals surface area contributed by atoms with Gasteiger partial charge in [-0.05, 0) is 29.8 Å². The van der Waals surface area contributed by atoms with Crippen LogP contribution in [0.4, 0.5) is 5.95 Å². The van der Waals surface area contributed by atoms with Crippen LogP contribution in [-0.4, -0.2) is 20.4 Å². The summed E-state index contributed by atoms with van der Waals surface area (Å²) in [5.41, 5.74) is 2.21. The molecule has 27 heavy (non-hydrogen) atoms. The number of rotatable bonds is 7. The number of imidazole rings is 1. The van der Waals surface area contributed by atoms with E-state index >= 15 is 0 Å². The summed E-state index contributed by atoms with van der Waals surface area (Å²) >= 11 is 0. The van der Waals surface area contributed by atoms with Crippen LogP contribution in [0.2, 0.25) is 0 Å². The molecular weight excluding hydrogens is 340 g/mol. The second-order valence-corrected chi connectivity index (χ2v) is 6.24. The maximum absolute atomic E-state index is 12.0. The summed E-state index contributed by atoms with van der Waals surface area (Å²) in [6.07, 6.45) is 5.64. The molecule has 2 N–H and O–H groups in total. The number of hydrogen-bond donors (Lipinski definition) is 2. The van der Waals surface area contributed by atoms with Gasteiger partial charge in [-0.3, -0.25) is 10.1 Å². The Hall–Kier alpha value is -3.54. The molecule has 0 radical (unpaired) electrons. The van der Waals surface area contributed by atoms with Crippen molar-refractivity contribution < 1.29 is 9.53 Å². The Bertz CT molecular complexity index is 1020. The van der Waals surface area contributed by atoms with Crippen molar-refractivity contribution in [1.29, 1.82) is 0 Å². The molecule has 4 rings (SSSR count). The molecule has 0 aliphatic heterocycles. The van der Waals surface area contributed by atoms with Gasteiger partial charge in [0.25, 0.3) is 0 Å². The van der Waals surface area contributed by atoms with E-state index < -0.39 is 0 Å². The van der Waals surface area contributed by atoms with Crippen molar-refractivity contribution in [1.82, 2.24) is 14.5 Å². The molecule has 1 amide bonds. The number of fused-ring (bicyclic) bond motifs is 1. The molecule has 0 saturated heterocycles. The highest BCUT2D eigenvalue weighted by Gasteiger charge is 2.07. The fraction of sp³-hybridized carbons (Fsp3) is 0.143. The van der Waals surface area contributed by atoms with E-state index in [1.165, 1.54) is 0 Å². The lowest BCUT2D eigenvalue weighted by Crippen LogP contribution is -2.15. The first kappa shape index (κ1) is 16.9. The second-order valence-electron chi connectivity index (χ2n) is 6.24. The molecule has 0 unspecified atom stereocenters. The molecule has 2 aromatic carbocycles. The van der Waals surface area contributed by atoms with Crippen LogP contribution in [0.3, 0.4) is 0 Å². The first-order valence-corrected chi connectivity index (χ1v) is 8.83. The Labute approximate surface area is 156 Å². The van der Waals surface area contributed by atoms with Crippen LogP contribution in [0.25, 0.3) is 10.9 Å². The molecule has 0 spiro atoms. The minimum atomic E-state index is -0.0744. The number of nitrogens with zero attached hydrogens (tertiary/aromatic N) is 2. The van der Waals surface area contributed by atoms with E-state index in [0.717, 1.165) is 22.2 Å². The first-order valence-electron chi connectivity index (χ1n) is 8.83. The molecule has 0 aliphatic carbocycles. The van der Waals surface area contributed by atoms with E-state index in [1.54, 1.807) is 12.4 Å². The van der Waals surface area contributed by atoms with Crippen LogP contribution < -0.4 is 10.1 Å². The van der Waals surface area contributed by atoms with Gasteiger partial charge in [-0.15, -0.1) is 0 Å². The van der Waals surface area contributed by atoms with Crippen LogP contribution in [0.1, 0.15) is 12.0 Å². The van der Waals surface area contributed by atoms with E-state index in [4.69, 9.17) is 4.74 Å². The van der Waals surface area contributed by atoms with Gasteiger partial charge in [-0.1, -0.05) is 30.3 Å². The number of hydrogen-bond acceptors (Lipinski definition) is 3. The van der Waals surface area contributed by atoms with Gasteiger partial charge in [0, 0.05) is 42.5 Å². The van der Waals surface area contributed by atoms with Crippen LogP contribution in [0.5, 0.6) is 5.75 Å². The van der Waals surface area contributed by atoms with Crippen molar-refractivity contribution in [2.45, 2.75) is 19.6 Å². The maximum Gasteiger partial charge on any atom is 0.228 e. The Balaban J connectivity index is 1.37. The number of aryl methyl sites for hydroxylation is 1. The van der Waals surface area contributed by atoms with Gasteiger partial charge in [-0.2, -0.15) is 0 Å². The number of benzene rings is 2. The van der Waals surface area contributed by atoms with Crippen LogP contribution in [0.15, 0.2) is 73.2 Å². The van der Waals surface area contributed by atoms with Gasteiger partial charge >= 0.3 is 0 Å². The molecule has 0 fully saturated rings. The topological polar surface area (TPSA) is 71.9 Å². The van der Waals surface area contributed by atoms with E-state index in [9.17, 15) is 4.79 Å². The van der Waals surface area contributed by atoms with E-state index in [0.29, 0.717) is 25.5 Å². The Morgan fingerprint density at radius 2 is 2.04 bits per heavy atom. The third kappa shape index (κ3) is 4.17. The molecular formula is C21H20N4O2. The number of nitrogens with one attached hydrogen (secondary N) is 2. The minimum absolute atomic E-state index is 0.0744. The zero-order valence-electron chi connectivity index (χ0n) is 14.8. The molecule has 4 aromatic rings. The predicted octanol–water partition coefficient (Wildman–Crippen LogP) is 3.97. The van der Waals surface area contributed by atoms with Crippen molar-refractivity contribution in [3.05, 3.63) is 78.8 Å². The third-order valence-corrected chi connectivity index (χ3v) is 4.33. The van der Waals surface area contributed by atoms with Gasteiger partial charge in [0.2, 0.25) is 11.9 Å². The largest absolute Gasteiger partial charge is 0.489 e. The lowest BCUT2D eigenvalue weighted by molar-refractivity contribution is -0.116. The predicted molar refractivity (Wildman–Crippen MR) is 105 cm³/mol. The number of aromatic nitrogens is 3. The number of ether oxygens (including phenoxy) is 1. The fourth-order valence-electron chi connectivity index (χ4n) is 2.95. The molecule has 136 valence electrons. The molecule has 2 aromatic heterocycles. The number of aromatic amines is 1. The summed E-state index contributed by atoms with van der Waals surface area (Å²) in [7, 11) is 0. The van der Waals surface area contributed by atoms with E-state index in [2.05, 4.69) is 19.9 Å². The average Bonchev–Trinajstić information content (AvgIpc) is 3.35. The lowest BCUT2D eigenvalue weighted by Gasteiger charge is -2.08. The van der Waals surface area contributed by atoms with Gasteiger partial charge in [-0.25, -0.2) is 4.98 Å². The quantitative estimate of drug-likeness (QED) is 0.524. The lowest BCUT2D eigenvalue weighted by atomic mass is 10.2. The van der Waals surface area contributed by atoms with Crippen molar-refractivity contribution in [3.8, 4) is 5.75 Å². The van der Waals surface area contributed by atoms with E-state index in [1.807, 2.05) is 60.8 Å². The minimum Gasteiger partial charge on any atom is -0.489 e. The third-order valence-electron chi connectivity index (χ3n) is 4.33. The number of anilines is 1. The fourth-order valence-corrected chi connectivity index (χ4v) is 2.95. The van der Waals surface area contributed by atoms with Crippen molar-refractivity contribution >= 4 is 22.8 Å². The summed E-state index contributed by atoms with van der Waals surface area (Å²) in [5.74, 6) is 1.23. The molecule has 6 heteroatoms. The van der Waals surface area contributed by atoms with Gasteiger partial charge in [0.05, 0.1) is 0 Å². The maximum atomic E-state index is 12.0. The molecule has 0 bridgehead atoms. The van der Waals surface area contributed by atoms with Gasteiger partial charge in [0.15, 0.2) is 0 Å². The normalized spacial score (nSPS) is 10.8. The zero-order valence-corrected chi connectivity index (χ0v) is 14.8. The highest BCUT2D eigenvalue weighted by atomic mass is 16.5. The first-order chi connectivity index (χ1) is 13.3. The molecule has 0 aliphatic rings. The highest BCUT2D eigenvalue weighted by Crippen LogP contribution is 2.23. The summed E-state index contributed by atoms with van der Waals surface area (Å²) in [4.78, 5) is 18.9. The number of carbonyl (C=O) groups is 1. The summed E-state index contributed by atoms with van der Waals surface area (Å²) in [6, 6.07) is 18.1. The zero-order chi connectivity index (χ0) is 18.5. The molecule has 0 atom stereocenters. The monoisotopic (exact) mass is 360 g/mol. The summed E-state index contributed by atoms with van der Waals surface area (Å²) < 4.78 is 7.95. The smallest absolute Gasteiger partial charge is 0.228 e. The average molecular weight is 360 g/mol. The Morgan fingerprint density at radius 3 is 2.85 bits per heavy atom. The molecule has 0 saturated carbocycles. The van der Waals surface area contributed by atoms with Crippen LogP contribution in [0, 0.1) is 0 Å². The van der Waals surface area contributed by atoms with Crippen molar-refractivity contribution in [2.24, 2.45) is 0 Å². The van der Waals surface area contributed by atoms with E-state index in [-0.39, 0.29) is 5.91 Å².